The first-order valence-electron chi connectivity index (χ1n) is 18.3. The second-order valence-electron chi connectivity index (χ2n) is 13.6. The van der Waals surface area contributed by atoms with E-state index in [0.717, 1.165) is 17.1 Å². The minimum Gasteiger partial charge on any atom is -0.309 e. The second kappa shape index (κ2) is 13.0. The van der Waals surface area contributed by atoms with Gasteiger partial charge in [-0.2, -0.15) is 0 Å². The number of fused-ring (bicyclic) bond motifs is 3. The van der Waals surface area contributed by atoms with Crippen LogP contribution in [0.2, 0.25) is 0 Å². The van der Waals surface area contributed by atoms with E-state index >= 15 is 0 Å². The van der Waals surface area contributed by atoms with Crippen molar-refractivity contribution in [3.05, 3.63) is 212 Å². The maximum atomic E-state index is 2.44. The highest BCUT2D eigenvalue weighted by Gasteiger charge is 2.22. The summed E-state index contributed by atoms with van der Waals surface area (Å²) in [6.45, 7) is 0. The number of hydrogen-bond donors (Lipinski definition) is 0. The van der Waals surface area contributed by atoms with Crippen molar-refractivity contribution in [2.24, 2.45) is 0 Å². The van der Waals surface area contributed by atoms with Crippen molar-refractivity contribution in [3.63, 3.8) is 0 Å². The molecule has 0 N–H and O–H groups in total. The molecule has 0 radical (unpaired) electrons. The van der Waals surface area contributed by atoms with Crippen molar-refractivity contribution in [1.82, 2.24) is 4.57 Å². The average molecular weight is 674 g/mol. The summed E-state index contributed by atoms with van der Waals surface area (Å²) in [4.78, 5) is 0. The number of rotatable bonds is 6. The lowest BCUT2D eigenvalue weighted by Crippen LogP contribution is -2.00. The highest BCUT2D eigenvalue weighted by atomic mass is 15.0. The molecule has 53 heavy (non-hydrogen) atoms. The van der Waals surface area contributed by atoms with Crippen LogP contribution < -0.4 is 0 Å². The molecule has 10 aromatic rings. The van der Waals surface area contributed by atoms with Gasteiger partial charge in [-0.25, -0.2) is 0 Å². The van der Waals surface area contributed by atoms with Crippen molar-refractivity contribution < 1.29 is 0 Å². The fourth-order valence-electron chi connectivity index (χ4n) is 8.28. The molecule has 0 amide bonds. The summed E-state index contributed by atoms with van der Waals surface area (Å²) in [7, 11) is 0. The first-order chi connectivity index (χ1) is 26.3. The van der Waals surface area contributed by atoms with E-state index in [2.05, 4.69) is 217 Å². The van der Waals surface area contributed by atoms with Crippen molar-refractivity contribution in [2.45, 2.75) is 0 Å². The van der Waals surface area contributed by atoms with Gasteiger partial charge in [-0.05, 0) is 101 Å². The van der Waals surface area contributed by atoms with E-state index in [1.165, 1.54) is 76.8 Å². The van der Waals surface area contributed by atoms with Crippen LogP contribution in [0.5, 0.6) is 0 Å². The van der Waals surface area contributed by atoms with Crippen LogP contribution in [0.15, 0.2) is 212 Å². The minimum atomic E-state index is 1.12. The molecule has 248 valence electrons. The zero-order valence-corrected chi connectivity index (χ0v) is 29.2. The van der Waals surface area contributed by atoms with Crippen molar-refractivity contribution in [3.8, 4) is 61.6 Å². The minimum absolute atomic E-state index is 1.12. The van der Waals surface area contributed by atoms with Gasteiger partial charge in [-0.1, -0.05) is 188 Å². The first-order valence-corrected chi connectivity index (χ1v) is 18.3. The Hall–Kier alpha value is -6.96. The van der Waals surface area contributed by atoms with E-state index in [4.69, 9.17) is 0 Å². The fraction of sp³-hybridized carbons (Fsp3) is 0. The Morgan fingerprint density at radius 1 is 0.264 bits per heavy atom. The van der Waals surface area contributed by atoms with Gasteiger partial charge in [0.05, 0.1) is 11.4 Å². The fourth-order valence-corrected chi connectivity index (χ4v) is 8.28. The third-order valence-electron chi connectivity index (χ3n) is 10.6. The van der Waals surface area contributed by atoms with Gasteiger partial charge >= 0.3 is 0 Å². The van der Waals surface area contributed by atoms with Crippen molar-refractivity contribution in [1.29, 1.82) is 0 Å². The average Bonchev–Trinajstić information content (AvgIpc) is 3.69. The van der Waals surface area contributed by atoms with E-state index < -0.39 is 0 Å². The molecule has 0 aliphatic rings. The van der Waals surface area contributed by atoms with Crippen LogP contribution in [0.1, 0.15) is 0 Å². The topological polar surface area (TPSA) is 4.93 Å². The van der Waals surface area contributed by atoms with E-state index in [-0.39, 0.29) is 0 Å². The SMILES string of the molecule is c1ccc(-c2ccccc2-c2c3ccccc3c(-c3cccc4ccccc34)c3cc(-n4c(-c5ccccc5)ccc4-c4ccccc4)ccc23)cc1. The Balaban J connectivity index is 1.36. The normalized spacial score (nSPS) is 11.4. The van der Waals surface area contributed by atoms with E-state index in [1.807, 2.05) is 0 Å². The molecule has 0 bridgehead atoms. The number of benzene rings is 9. The van der Waals surface area contributed by atoms with Crippen LogP contribution in [0.25, 0.3) is 93.9 Å². The van der Waals surface area contributed by atoms with E-state index in [0.29, 0.717) is 0 Å². The van der Waals surface area contributed by atoms with E-state index in [9.17, 15) is 0 Å². The lowest BCUT2D eigenvalue weighted by molar-refractivity contribution is 1.10. The molecule has 0 spiro atoms. The summed E-state index contributed by atoms with van der Waals surface area (Å²) in [6, 6.07) is 77.3. The third kappa shape index (κ3) is 5.25. The van der Waals surface area contributed by atoms with Crippen LogP contribution in [0, 0.1) is 0 Å². The van der Waals surface area contributed by atoms with E-state index in [1.54, 1.807) is 0 Å². The highest BCUT2D eigenvalue weighted by Crippen LogP contribution is 2.48. The molecule has 0 aliphatic heterocycles. The molecule has 1 nitrogen and oxygen atoms in total. The molecule has 0 aliphatic carbocycles. The van der Waals surface area contributed by atoms with Gasteiger partial charge in [0.2, 0.25) is 0 Å². The third-order valence-corrected chi connectivity index (χ3v) is 10.6. The molecule has 9 aromatic carbocycles. The van der Waals surface area contributed by atoms with Crippen LogP contribution >= 0.6 is 0 Å². The van der Waals surface area contributed by atoms with Crippen LogP contribution in [0.4, 0.5) is 0 Å². The lowest BCUT2D eigenvalue weighted by Gasteiger charge is -2.22. The standard InChI is InChI=1S/C52H35N/c1-4-17-36(18-5-1)41-26-12-13-27-43(41)51-45-28-14-15-29-46(45)52(44-30-16-24-37-19-10-11-25-42(37)44)48-35-40(31-32-47(48)51)53-49(38-20-6-2-7-21-38)33-34-50(53)39-22-8-3-9-23-39/h1-35H. The summed E-state index contributed by atoms with van der Waals surface area (Å²) >= 11 is 0. The molecule has 1 heteroatoms. The van der Waals surface area contributed by atoms with Gasteiger partial charge in [-0.15, -0.1) is 0 Å². The zero-order valence-electron chi connectivity index (χ0n) is 29.2. The van der Waals surface area contributed by atoms with Gasteiger partial charge in [0.1, 0.15) is 0 Å². The summed E-state index contributed by atoms with van der Waals surface area (Å²) in [5.41, 5.74) is 13.2. The zero-order chi connectivity index (χ0) is 35.1. The molecule has 0 fully saturated rings. The summed E-state index contributed by atoms with van der Waals surface area (Å²) < 4.78 is 2.43. The molecule has 0 unspecified atom stereocenters. The van der Waals surface area contributed by atoms with Gasteiger partial charge < -0.3 is 4.57 Å². The monoisotopic (exact) mass is 673 g/mol. The highest BCUT2D eigenvalue weighted by molar-refractivity contribution is 6.24. The Morgan fingerprint density at radius 3 is 1.36 bits per heavy atom. The molecule has 0 saturated carbocycles. The summed E-state index contributed by atoms with van der Waals surface area (Å²) in [5.74, 6) is 0. The second-order valence-corrected chi connectivity index (χ2v) is 13.6. The number of hydrogen-bond acceptors (Lipinski definition) is 0. The summed E-state index contributed by atoms with van der Waals surface area (Å²) in [5, 5.41) is 7.43. The predicted octanol–water partition coefficient (Wildman–Crippen LogP) is 14.3. The molecule has 1 heterocycles. The number of aromatic nitrogens is 1. The van der Waals surface area contributed by atoms with Gasteiger partial charge in [0.25, 0.3) is 0 Å². The smallest absolute Gasteiger partial charge is 0.0535 e. The molecular formula is C52H35N. The maximum absolute atomic E-state index is 2.44. The summed E-state index contributed by atoms with van der Waals surface area (Å²) in [6.07, 6.45) is 0. The van der Waals surface area contributed by atoms with Crippen LogP contribution in [-0.2, 0) is 0 Å². The first kappa shape index (κ1) is 30.8. The van der Waals surface area contributed by atoms with Gasteiger partial charge in [-0.3, -0.25) is 0 Å². The quantitative estimate of drug-likeness (QED) is 0.155. The molecular weight excluding hydrogens is 639 g/mol. The van der Waals surface area contributed by atoms with Crippen LogP contribution in [0.3, 0.4) is 0 Å². The Labute approximate surface area is 309 Å². The Morgan fingerprint density at radius 2 is 0.717 bits per heavy atom. The molecule has 0 atom stereocenters. The molecule has 1 aromatic heterocycles. The molecule has 10 rings (SSSR count). The lowest BCUT2D eigenvalue weighted by atomic mass is 9.83. The van der Waals surface area contributed by atoms with Crippen molar-refractivity contribution in [2.75, 3.05) is 0 Å². The van der Waals surface area contributed by atoms with Gasteiger partial charge in [0, 0.05) is 5.69 Å². The maximum Gasteiger partial charge on any atom is 0.0535 e. The Kier molecular flexibility index (Phi) is 7.55. The van der Waals surface area contributed by atoms with Crippen LogP contribution in [-0.4, -0.2) is 4.57 Å². The Bertz CT molecular complexity index is 2860. The number of nitrogens with zero attached hydrogens (tertiary/aromatic N) is 1. The van der Waals surface area contributed by atoms with Crippen molar-refractivity contribution >= 4 is 32.3 Å². The predicted molar refractivity (Wildman–Crippen MR) is 225 cm³/mol. The van der Waals surface area contributed by atoms with Gasteiger partial charge in [0.15, 0.2) is 0 Å². The molecule has 0 saturated heterocycles. The largest absolute Gasteiger partial charge is 0.309 e.